The van der Waals surface area contributed by atoms with Gasteiger partial charge in [0.15, 0.2) is 12.6 Å². The summed E-state index contributed by atoms with van der Waals surface area (Å²) in [6.45, 7) is 0.181. The topological polar surface area (TPSA) is 155 Å². The fourth-order valence-corrected chi connectivity index (χ4v) is 0.670. The van der Waals surface area contributed by atoms with E-state index in [0.717, 1.165) is 0 Å². The van der Waals surface area contributed by atoms with Gasteiger partial charge in [0, 0.05) is 0 Å². The van der Waals surface area contributed by atoms with Crippen LogP contribution in [-0.2, 0) is 14.4 Å². The number of carbonyl (C=O) groups is 3. The summed E-state index contributed by atoms with van der Waals surface area (Å²) in [4.78, 5) is 29.4. The second-order valence-electron chi connectivity index (χ2n) is 4.39. The number of hydrogen-bond donors (Lipinski definition) is 4. The van der Waals surface area contributed by atoms with E-state index in [1.54, 1.807) is 0 Å². The van der Waals surface area contributed by atoms with Gasteiger partial charge in [0.05, 0.1) is 27.1 Å². The highest BCUT2D eigenvalue weighted by molar-refractivity contribution is 5.82. The maximum Gasteiger partial charge on any atom is 0.359 e. The molecule has 0 heterocycles. The number of hydrogen-bond acceptors (Lipinski definition) is 6. The smallest absolute Gasteiger partial charge is 0.359 e. The molecular formula is C9H17NO8. The lowest BCUT2D eigenvalue weighted by Gasteiger charge is -2.20. The van der Waals surface area contributed by atoms with Gasteiger partial charge in [-0.25, -0.2) is 9.59 Å². The molecule has 0 saturated carbocycles. The van der Waals surface area contributed by atoms with E-state index in [1.165, 1.54) is 0 Å². The van der Waals surface area contributed by atoms with Crippen LogP contribution in [-0.4, -0.2) is 82.7 Å². The Morgan fingerprint density at radius 3 is 1.50 bits per heavy atom. The van der Waals surface area contributed by atoms with E-state index < -0.39 is 30.1 Å². The number of aliphatic hydroxyl groups excluding tert-OH is 2. The van der Waals surface area contributed by atoms with Gasteiger partial charge in [-0.1, -0.05) is 0 Å². The molecule has 9 nitrogen and oxygen atoms in total. The Balaban J connectivity index is 0. The van der Waals surface area contributed by atoms with Crippen LogP contribution in [0.2, 0.25) is 0 Å². The van der Waals surface area contributed by atoms with E-state index >= 15 is 0 Å². The number of likely N-dealkylation sites (N-methyl/N-ethyl adjacent to an activating group) is 1. The first-order chi connectivity index (χ1) is 7.88. The summed E-state index contributed by atoms with van der Waals surface area (Å²) >= 11 is 0. The molecule has 0 fully saturated rings. The molecular weight excluding hydrogens is 250 g/mol. The highest BCUT2D eigenvalue weighted by Gasteiger charge is 2.23. The molecule has 0 bridgehead atoms. The van der Waals surface area contributed by atoms with Crippen molar-refractivity contribution in [3.63, 3.8) is 0 Å². The summed E-state index contributed by atoms with van der Waals surface area (Å²) in [5.41, 5.74) is 0. The molecule has 0 aromatic carbocycles. The zero-order valence-electron chi connectivity index (χ0n) is 10.2. The molecule has 0 saturated heterocycles. The molecule has 0 unspecified atom stereocenters. The molecule has 0 aromatic heterocycles. The quantitative estimate of drug-likeness (QED) is 0.371. The molecule has 4 N–H and O–H groups in total. The van der Waals surface area contributed by atoms with Crippen molar-refractivity contribution in [1.29, 1.82) is 0 Å². The zero-order chi connectivity index (χ0) is 15.1. The molecule has 2 atom stereocenters. The van der Waals surface area contributed by atoms with Crippen molar-refractivity contribution in [2.24, 2.45) is 0 Å². The zero-order valence-corrected chi connectivity index (χ0v) is 10.2. The average Bonchev–Trinajstić information content (AvgIpc) is 2.11. The first kappa shape index (κ1) is 18.6. The van der Waals surface area contributed by atoms with Gasteiger partial charge in [0.25, 0.3) is 0 Å². The molecule has 0 aliphatic rings. The molecule has 9 heteroatoms. The monoisotopic (exact) mass is 267 g/mol. The molecule has 0 aliphatic heterocycles. The Morgan fingerprint density at radius 1 is 1.06 bits per heavy atom. The molecule has 0 aliphatic carbocycles. The Labute approximate surface area is 103 Å². The number of aliphatic hydroxyl groups is 2. The van der Waals surface area contributed by atoms with E-state index in [-0.39, 0.29) is 6.54 Å². The summed E-state index contributed by atoms with van der Waals surface area (Å²) in [6, 6.07) is 0. The van der Waals surface area contributed by atoms with E-state index in [4.69, 9.17) is 20.4 Å². The summed E-state index contributed by atoms with van der Waals surface area (Å²) in [6.07, 6.45) is -4.71. The lowest BCUT2D eigenvalue weighted by Crippen LogP contribution is -2.46. The average molecular weight is 267 g/mol. The first-order valence-electron chi connectivity index (χ1n) is 4.70. The third-order valence-electron chi connectivity index (χ3n) is 1.40. The predicted molar refractivity (Wildman–Crippen MR) is 55.2 cm³/mol. The number of rotatable bonds is 5. The maximum atomic E-state index is 10.00. The number of aliphatic carboxylic acids is 3. The van der Waals surface area contributed by atoms with E-state index in [2.05, 4.69) is 0 Å². The fraction of sp³-hybridized carbons (Fsp3) is 0.667. The highest BCUT2D eigenvalue weighted by atomic mass is 16.4. The normalized spacial score (nSPS) is 13.8. The summed E-state index contributed by atoms with van der Waals surface area (Å²) in [7, 11) is 5.52. The molecule has 0 amide bonds. The molecule has 106 valence electrons. The van der Waals surface area contributed by atoms with E-state index in [0.29, 0.717) is 4.48 Å². The van der Waals surface area contributed by atoms with Crippen LogP contribution in [0.15, 0.2) is 0 Å². The second-order valence-corrected chi connectivity index (χ2v) is 4.39. The number of nitrogens with zero attached hydrogens (tertiary/aromatic N) is 1. The van der Waals surface area contributed by atoms with Gasteiger partial charge >= 0.3 is 11.9 Å². The van der Waals surface area contributed by atoms with Crippen LogP contribution in [0.3, 0.4) is 0 Å². The van der Waals surface area contributed by atoms with Crippen LogP contribution in [0.5, 0.6) is 0 Å². The van der Waals surface area contributed by atoms with Crippen molar-refractivity contribution in [2.45, 2.75) is 12.2 Å². The van der Waals surface area contributed by atoms with Crippen molar-refractivity contribution < 1.29 is 44.4 Å². The van der Waals surface area contributed by atoms with Gasteiger partial charge in [-0.05, 0) is 0 Å². The van der Waals surface area contributed by atoms with Crippen LogP contribution < -0.4 is 5.11 Å². The number of carboxylic acid groups (broad SMARTS) is 3. The number of carboxylic acids is 3. The fourth-order valence-electron chi connectivity index (χ4n) is 0.670. The summed E-state index contributed by atoms with van der Waals surface area (Å²) in [5.74, 6) is -4.58. The lowest BCUT2D eigenvalue weighted by molar-refractivity contribution is -0.862. The largest absolute Gasteiger partial charge is 0.547 e. The van der Waals surface area contributed by atoms with Gasteiger partial charge in [0.2, 0.25) is 0 Å². The van der Waals surface area contributed by atoms with Crippen molar-refractivity contribution >= 4 is 17.9 Å². The summed E-state index contributed by atoms with van der Waals surface area (Å²) in [5, 5.41) is 42.4. The van der Waals surface area contributed by atoms with Crippen molar-refractivity contribution in [3.05, 3.63) is 0 Å². The minimum atomic E-state index is -2.38. The van der Waals surface area contributed by atoms with Crippen molar-refractivity contribution in [2.75, 3.05) is 27.7 Å². The Hall–Kier alpha value is -1.71. The predicted octanol–water partition coefficient (Wildman–Crippen LogP) is -3.68. The third kappa shape index (κ3) is 10.8. The van der Waals surface area contributed by atoms with E-state index in [1.807, 2.05) is 21.1 Å². The maximum absolute atomic E-state index is 10.00. The van der Waals surface area contributed by atoms with Crippen LogP contribution in [0.4, 0.5) is 0 Å². The van der Waals surface area contributed by atoms with Crippen molar-refractivity contribution in [1.82, 2.24) is 0 Å². The number of carbonyl (C=O) groups excluding carboxylic acids is 1. The van der Waals surface area contributed by atoms with Crippen LogP contribution in [0, 0.1) is 0 Å². The van der Waals surface area contributed by atoms with Crippen molar-refractivity contribution in [3.8, 4) is 0 Å². The molecule has 0 aromatic rings. The number of quaternary nitrogens is 1. The lowest BCUT2D eigenvalue weighted by atomic mass is 10.2. The van der Waals surface area contributed by atoms with Gasteiger partial charge in [-0.2, -0.15) is 0 Å². The van der Waals surface area contributed by atoms with Crippen LogP contribution in [0.1, 0.15) is 0 Å². The molecule has 0 spiro atoms. The van der Waals surface area contributed by atoms with Gasteiger partial charge in [-0.3, -0.25) is 0 Å². The Morgan fingerprint density at radius 2 is 1.44 bits per heavy atom. The van der Waals surface area contributed by atoms with Gasteiger partial charge < -0.3 is 34.8 Å². The van der Waals surface area contributed by atoms with Crippen LogP contribution >= 0.6 is 0 Å². The van der Waals surface area contributed by atoms with E-state index in [9.17, 15) is 19.5 Å². The Bertz CT molecular complexity index is 290. The standard InChI is InChI=1S/C5H11NO2.C4H6O6/c1-6(2,3)4-5(7)8;5-1(3(7)8)2(6)4(9)10/h4H2,1-3H3;1-2,5-6H,(H,7,8)(H,9,10)/t;1-,2-/m.0/s1. The Kier molecular flexibility index (Phi) is 7.86. The SMILES string of the molecule is C[N+](C)(C)CC(=O)O.O=C([O-])[C@@H](O)[C@H](O)C(=O)O. The third-order valence-corrected chi connectivity index (χ3v) is 1.40. The molecule has 18 heavy (non-hydrogen) atoms. The van der Waals surface area contributed by atoms with Gasteiger partial charge in [-0.15, -0.1) is 0 Å². The minimum absolute atomic E-state index is 0.181. The molecule has 0 radical (unpaired) electrons. The second kappa shape index (κ2) is 7.58. The molecule has 0 rings (SSSR count). The first-order valence-corrected chi connectivity index (χ1v) is 4.70. The summed E-state index contributed by atoms with van der Waals surface area (Å²) < 4.78 is 0.481. The van der Waals surface area contributed by atoms with Gasteiger partial charge in [0.1, 0.15) is 6.10 Å². The minimum Gasteiger partial charge on any atom is -0.547 e. The highest BCUT2D eigenvalue weighted by Crippen LogP contribution is 1.90. The van der Waals surface area contributed by atoms with Crippen LogP contribution in [0.25, 0.3) is 0 Å².